The van der Waals surface area contributed by atoms with Gasteiger partial charge in [0.05, 0.1) is 0 Å². The van der Waals surface area contributed by atoms with Crippen LogP contribution >= 0.6 is 23.2 Å². The van der Waals surface area contributed by atoms with Crippen LogP contribution in [0.2, 0.25) is 10.0 Å². The fourth-order valence-corrected chi connectivity index (χ4v) is 2.82. The first-order valence-corrected chi connectivity index (χ1v) is 6.67. The molecule has 0 aliphatic heterocycles. The van der Waals surface area contributed by atoms with Crippen molar-refractivity contribution in [3.63, 3.8) is 0 Å². The molecule has 0 atom stereocenters. The molecule has 0 unspecified atom stereocenters. The summed E-state index contributed by atoms with van der Waals surface area (Å²) in [5.74, 6) is 0. The second kappa shape index (κ2) is 3.79. The Bertz CT molecular complexity index is 215. The first-order chi connectivity index (χ1) is 4.72. The van der Waals surface area contributed by atoms with Crippen molar-refractivity contribution in [2.45, 2.75) is 0 Å². The number of alkyl halides is 1. The molecule has 0 aliphatic rings. The Morgan fingerprint density at radius 3 is 2.00 bits per heavy atom. The van der Waals surface area contributed by atoms with Crippen molar-refractivity contribution in [3.05, 3.63) is 31.8 Å². The molecule has 0 spiro atoms. The van der Waals surface area contributed by atoms with Crippen molar-refractivity contribution in [1.82, 2.24) is 0 Å². The number of benzene rings is 1. The third kappa shape index (κ3) is 2.29. The van der Waals surface area contributed by atoms with Gasteiger partial charge in [0.1, 0.15) is 0 Å². The molecule has 0 fully saturated rings. The molecule has 3 heteroatoms. The van der Waals surface area contributed by atoms with E-state index in [1.807, 2.05) is 12.1 Å². The van der Waals surface area contributed by atoms with Gasteiger partial charge in [-0.2, -0.15) is 0 Å². The van der Waals surface area contributed by atoms with Crippen LogP contribution in [0.5, 0.6) is 0 Å². The second-order valence-electron chi connectivity index (χ2n) is 1.78. The van der Waals surface area contributed by atoms with Gasteiger partial charge in [0, 0.05) is 0 Å². The van der Waals surface area contributed by atoms with Gasteiger partial charge in [0.15, 0.2) is 0 Å². The summed E-state index contributed by atoms with van der Waals surface area (Å²) in [5, 5.41) is 1.48. The van der Waals surface area contributed by atoms with Crippen LogP contribution < -0.4 is 21.2 Å². The summed E-state index contributed by atoms with van der Waals surface area (Å²) in [7, 11) is 0. The van der Waals surface area contributed by atoms with Gasteiger partial charge in [-0.05, 0) is 0 Å². The van der Waals surface area contributed by atoms with Gasteiger partial charge in [-0.1, -0.05) is 0 Å². The van der Waals surface area contributed by atoms with Gasteiger partial charge in [-0.3, -0.25) is 0 Å². The standard InChI is InChI=1S/C7H6Cl2I/c1-10-7-3-5(8)2-6(9)4-7/h2-4H,1H3/q-1. The molecule has 0 N–H and O–H groups in total. The van der Waals surface area contributed by atoms with E-state index in [0.29, 0.717) is 0 Å². The molecule has 0 heterocycles. The molecule has 0 amide bonds. The normalized spacial score (nSPS) is 10.3. The summed E-state index contributed by atoms with van der Waals surface area (Å²) in [5.41, 5.74) is 0. The molecule has 0 aliphatic carbocycles. The molecule has 0 radical (unpaired) electrons. The van der Waals surface area contributed by atoms with Crippen LogP contribution in [0.1, 0.15) is 0 Å². The van der Waals surface area contributed by atoms with Crippen LogP contribution in [0.25, 0.3) is 0 Å². The summed E-state index contributed by atoms with van der Waals surface area (Å²) in [4.78, 5) is 2.18. The molecule has 56 valence electrons. The molecule has 1 aromatic carbocycles. The SMILES string of the molecule is C[I-]c1cc(Cl)cc(Cl)c1. The van der Waals surface area contributed by atoms with Crippen molar-refractivity contribution in [2.24, 2.45) is 0 Å². The Labute approximate surface area is 80.8 Å². The molecule has 0 bridgehead atoms. The van der Waals surface area contributed by atoms with Crippen LogP contribution in [0, 0.1) is 3.57 Å². The summed E-state index contributed by atoms with van der Waals surface area (Å²) in [6.07, 6.45) is 0. The van der Waals surface area contributed by atoms with Gasteiger partial charge >= 0.3 is 81.2 Å². The minimum absolute atomic E-state index is 0.107. The summed E-state index contributed by atoms with van der Waals surface area (Å²) in [6, 6.07) is 5.70. The topological polar surface area (TPSA) is 0 Å². The Kier molecular flexibility index (Phi) is 3.27. The molecule has 0 nitrogen and oxygen atoms in total. The minimum atomic E-state index is 0.107. The Morgan fingerprint density at radius 2 is 1.60 bits per heavy atom. The van der Waals surface area contributed by atoms with E-state index in [2.05, 4.69) is 4.93 Å². The van der Waals surface area contributed by atoms with E-state index in [4.69, 9.17) is 23.2 Å². The predicted molar refractivity (Wildman–Crippen MR) is 41.1 cm³/mol. The fourth-order valence-electron chi connectivity index (χ4n) is 0.629. The average Bonchev–Trinajstić information content (AvgIpc) is 1.85. The third-order valence-electron chi connectivity index (χ3n) is 1.05. The van der Waals surface area contributed by atoms with E-state index in [9.17, 15) is 0 Å². The zero-order valence-electron chi connectivity index (χ0n) is 5.37. The Balaban J connectivity index is 3.06. The molecule has 1 aromatic rings. The van der Waals surface area contributed by atoms with E-state index in [1.165, 1.54) is 3.57 Å². The maximum absolute atomic E-state index is 5.76. The Hall–Kier alpha value is 0.530. The van der Waals surface area contributed by atoms with E-state index in [0.717, 1.165) is 10.0 Å². The molecular weight excluding hydrogens is 282 g/mol. The molecular formula is C7H6Cl2I-. The second-order valence-corrected chi connectivity index (χ2v) is 4.97. The van der Waals surface area contributed by atoms with Gasteiger partial charge < -0.3 is 0 Å². The van der Waals surface area contributed by atoms with E-state index in [-0.39, 0.29) is 21.2 Å². The first-order valence-electron chi connectivity index (χ1n) is 2.68. The number of rotatable bonds is 1. The summed E-state index contributed by atoms with van der Waals surface area (Å²) >= 11 is 11.6. The summed E-state index contributed by atoms with van der Waals surface area (Å²) < 4.78 is 1.29. The zero-order chi connectivity index (χ0) is 7.56. The van der Waals surface area contributed by atoms with Crippen molar-refractivity contribution < 1.29 is 21.2 Å². The van der Waals surface area contributed by atoms with Gasteiger partial charge in [-0.25, -0.2) is 0 Å². The zero-order valence-corrected chi connectivity index (χ0v) is 9.04. The maximum atomic E-state index is 5.76. The number of hydrogen-bond donors (Lipinski definition) is 0. The monoisotopic (exact) mass is 287 g/mol. The molecule has 0 saturated carbocycles. The van der Waals surface area contributed by atoms with Crippen LogP contribution in [-0.4, -0.2) is 4.93 Å². The molecule has 0 aromatic heterocycles. The van der Waals surface area contributed by atoms with Crippen LogP contribution in [-0.2, 0) is 0 Å². The van der Waals surface area contributed by atoms with Crippen molar-refractivity contribution in [3.8, 4) is 0 Å². The summed E-state index contributed by atoms with van der Waals surface area (Å²) in [6.45, 7) is 0. The Morgan fingerprint density at radius 1 is 1.10 bits per heavy atom. The van der Waals surface area contributed by atoms with Crippen molar-refractivity contribution in [1.29, 1.82) is 0 Å². The van der Waals surface area contributed by atoms with Crippen molar-refractivity contribution >= 4 is 23.2 Å². The van der Waals surface area contributed by atoms with Crippen molar-refractivity contribution in [2.75, 3.05) is 4.93 Å². The molecule has 10 heavy (non-hydrogen) atoms. The molecule has 1 rings (SSSR count). The van der Waals surface area contributed by atoms with E-state index in [1.54, 1.807) is 6.07 Å². The van der Waals surface area contributed by atoms with Gasteiger partial charge in [0.25, 0.3) is 0 Å². The first kappa shape index (κ1) is 8.62. The molecule has 0 saturated heterocycles. The number of hydrogen-bond acceptors (Lipinski definition) is 0. The van der Waals surface area contributed by atoms with Gasteiger partial charge in [0.2, 0.25) is 0 Å². The van der Waals surface area contributed by atoms with Crippen LogP contribution in [0.15, 0.2) is 18.2 Å². The van der Waals surface area contributed by atoms with Crippen LogP contribution in [0.4, 0.5) is 0 Å². The fraction of sp³-hybridized carbons (Fsp3) is 0.143. The van der Waals surface area contributed by atoms with Gasteiger partial charge in [-0.15, -0.1) is 0 Å². The van der Waals surface area contributed by atoms with E-state index < -0.39 is 0 Å². The van der Waals surface area contributed by atoms with E-state index >= 15 is 0 Å². The number of halogens is 3. The van der Waals surface area contributed by atoms with Crippen LogP contribution in [0.3, 0.4) is 0 Å². The predicted octanol–water partition coefficient (Wildman–Crippen LogP) is -0.118. The third-order valence-corrected chi connectivity index (χ3v) is 3.35. The quantitative estimate of drug-likeness (QED) is 0.499. The average molecular weight is 288 g/mol.